The van der Waals surface area contributed by atoms with E-state index in [1.807, 2.05) is 6.92 Å². The van der Waals surface area contributed by atoms with E-state index >= 15 is 0 Å². The predicted molar refractivity (Wildman–Crippen MR) is 72.9 cm³/mol. The van der Waals surface area contributed by atoms with Gasteiger partial charge in [-0.2, -0.15) is 0 Å². The van der Waals surface area contributed by atoms with Gasteiger partial charge in [0.15, 0.2) is 5.82 Å². The minimum atomic E-state index is -0.0687. The van der Waals surface area contributed by atoms with Crippen LogP contribution in [0.4, 0.5) is 5.82 Å². The molecule has 1 rings (SSSR count). The molecule has 0 aliphatic heterocycles. The molecule has 5 heteroatoms. The largest absolute Gasteiger partial charge is 0.383 e. The highest BCUT2D eigenvalue weighted by Gasteiger charge is 2.11. The molecule has 0 spiro atoms. The van der Waals surface area contributed by atoms with E-state index in [1.54, 1.807) is 24.1 Å². The van der Waals surface area contributed by atoms with Gasteiger partial charge >= 0.3 is 0 Å². The fourth-order valence-corrected chi connectivity index (χ4v) is 1.74. The molecular formula is C13H23N3O2. The topological polar surface area (TPSA) is 56.1 Å². The Bertz CT molecular complexity index is 415. The molecule has 0 saturated heterocycles. The van der Waals surface area contributed by atoms with Crippen LogP contribution in [0.1, 0.15) is 27.2 Å². The zero-order valence-corrected chi connectivity index (χ0v) is 11.6. The van der Waals surface area contributed by atoms with Crippen LogP contribution < -0.4 is 10.9 Å². The van der Waals surface area contributed by atoms with Gasteiger partial charge in [-0.15, -0.1) is 0 Å². The molecule has 1 aromatic rings. The molecule has 0 aromatic carbocycles. The van der Waals surface area contributed by atoms with Crippen molar-refractivity contribution < 1.29 is 4.74 Å². The fraction of sp³-hybridized carbons (Fsp3) is 0.692. The van der Waals surface area contributed by atoms with Crippen molar-refractivity contribution in [2.24, 2.45) is 5.92 Å². The Morgan fingerprint density at radius 1 is 1.50 bits per heavy atom. The third kappa shape index (κ3) is 4.14. The predicted octanol–water partition coefficient (Wildman–Crippen LogP) is 1.74. The number of nitrogens with zero attached hydrogens (tertiary/aromatic N) is 2. The minimum absolute atomic E-state index is 0.0687. The first-order valence-electron chi connectivity index (χ1n) is 6.39. The first-order valence-corrected chi connectivity index (χ1v) is 6.39. The van der Waals surface area contributed by atoms with Crippen molar-refractivity contribution in [3.8, 4) is 0 Å². The molecule has 1 atom stereocenters. The maximum Gasteiger partial charge on any atom is 0.293 e. The van der Waals surface area contributed by atoms with Gasteiger partial charge in [-0.25, -0.2) is 4.98 Å². The summed E-state index contributed by atoms with van der Waals surface area (Å²) in [6.07, 6.45) is 4.27. The molecule has 1 N–H and O–H groups in total. The number of hydrogen-bond acceptors (Lipinski definition) is 4. The van der Waals surface area contributed by atoms with Gasteiger partial charge in [0.2, 0.25) is 0 Å². The van der Waals surface area contributed by atoms with Crippen LogP contribution in [-0.4, -0.2) is 29.3 Å². The van der Waals surface area contributed by atoms with E-state index in [2.05, 4.69) is 24.1 Å². The Labute approximate surface area is 108 Å². The number of anilines is 1. The van der Waals surface area contributed by atoms with Gasteiger partial charge in [-0.05, 0) is 12.3 Å². The number of rotatable bonds is 7. The Kier molecular flexibility index (Phi) is 5.85. The van der Waals surface area contributed by atoms with E-state index < -0.39 is 0 Å². The van der Waals surface area contributed by atoms with Gasteiger partial charge in [-0.1, -0.05) is 20.8 Å². The Morgan fingerprint density at radius 2 is 2.22 bits per heavy atom. The molecule has 0 aliphatic carbocycles. The van der Waals surface area contributed by atoms with E-state index in [9.17, 15) is 4.79 Å². The second kappa shape index (κ2) is 7.16. The number of hydrogen-bond donors (Lipinski definition) is 1. The number of nitrogens with one attached hydrogen (secondary N) is 1. The standard InChI is InChI=1S/C13H23N3O2/c1-5-11(9-18-4)15-12-13(17)16(7-6-14-12)8-10(2)3/h6-7,10-11H,5,8-9H2,1-4H3,(H,14,15). The third-order valence-electron chi connectivity index (χ3n) is 2.68. The molecule has 102 valence electrons. The van der Waals surface area contributed by atoms with Crippen LogP contribution in [0.5, 0.6) is 0 Å². The van der Waals surface area contributed by atoms with Crippen LogP contribution in [0.25, 0.3) is 0 Å². The molecule has 18 heavy (non-hydrogen) atoms. The van der Waals surface area contributed by atoms with Gasteiger partial charge in [0.25, 0.3) is 5.56 Å². The van der Waals surface area contributed by atoms with E-state index in [-0.39, 0.29) is 11.6 Å². The fourth-order valence-electron chi connectivity index (χ4n) is 1.74. The first kappa shape index (κ1) is 14.7. The SMILES string of the molecule is CCC(COC)Nc1nccn(CC(C)C)c1=O. The van der Waals surface area contributed by atoms with Crippen molar-refractivity contribution in [2.45, 2.75) is 39.8 Å². The lowest BCUT2D eigenvalue weighted by Crippen LogP contribution is -2.31. The van der Waals surface area contributed by atoms with E-state index in [1.165, 1.54) is 0 Å². The molecule has 1 unspecified atom stereocenters. The lowest BCUT2D eigenvalue weighted by atomic mass is 10.2. The van der Waals surface area contributed by atoms with Crippen LogP contribution in [-0.2, 0) is 11.3 Å². The van der Waals surface area contributed by atoms with Crippen LogP contribution in [0.2, 0.25) is 0 Å². The molecule has 1 aromatic heterocycles. The van der Waals surface area contributed by atoms with Crippen molar-refractivity contribution in [2.75, 3.05) is 19.0 Å². The van der Waals surface area contributed by atoms with Crippen molar-refractivity contribution in [3.05, 3.63) is 22.7 Å². The van der Waals surface area contributed by atoms with Crippen molar-refractivity contribution in [3.63, 3.8) is 0 Å². The molecule has 0 fully saturated rings. The number of methoxy groups -OCH3 is 1. The zero-order chi connectivity index (χ0) is 13.5. The number of ether oxygens (including phenoxy) is 1. The maximum atomic E-state index is 12.2. The molecule has 0 radical (unpaired) electrons. The molecule has 0 saturated carbocycles. The Morgan fingerprint density at radius 3 is 2.78 bits per heavy atom. The van der Waals surface area contributed by atoms with Gasteiger partial charge in [0, 0.05) is 26.0 Å². The van der Waals surface area contributed by atoms with Gasteiger partial charge in [-0.3, -0.25) is 4.79 Å². The lowest BCUT2D eigenvalue weighted by Gasteiger charge is -2.17. The second-order valence-corrected chi connectivity index (χ2v) is 4.83. The summed E-state index contributed by atoms with van der Waals surface area (Å²) in [5.41, 5.74) is -0.0687. The van der Waals surface area contributed by atoms with Crippen LogP contribution in [0.15, 0.2) is 17.2 Å². The van der Waals surface area contributed by atoms with Gasteiger partial charge < -0.3 is 14.6 Å². The second-order valence-electron chi connectivity index (χ2n) is 4.83. The molecule has 5 nitrogen and oxygen atoms in total. The number of aromatic nitrogens is 2. The third-order valence-corrected chi connectivity index (χ3v) is 2.68. The van der Waals surface area contributed by atoms with Gasteiger partial charge in [0.1, 0.15) is 0 Å². The van der Waals surface area contributed by atoms with Crippen molar-refractivity contribution >= 4 is 5.82 Å². The summed E-state index contributed by atoms with van der Waals surface area (Å²) in [5.74, 6) is 0.834. The van der Waals surface area contributed by atoms with Crippen molar-refractivity contribution in [1.82, 2.24) is 9.55 Å². The summed E-state index contributed by atoms with van der Waals surface area (Å²) in [6, 6.07) is 0.116. The van der Waals surface area contributed by atoms with E-state index in [4.69, 9.17) is 4.74 Å². The van der Waals surface area contributed by atoms with E-state index in [0.29, 0.717) is 24.9 Å². The highest BCUT2D eigenvalue weighted by atomic mass is 16.5. The summed E-state index contributed by atoms with van der Waals surface area (Å²) in [6.45, 7) is 7.49. The zero-order valence-electron chi connectivity index (χ0n) is 11.6. The first-order chi connectivity index (χ1) is 8.58. The quantitative estimate of drug-likeness (QED) is 0.804. The highest BCUT2D eigenvalue weighted by molar-refractivity contribution is 5.32. The summed E-state index contributed by atoms with van der Waals surface area (Å²) in [5, 5.41) is 3.14. The summed E-state index contributed by atoms with van der Waals surface area (Å²) in [7, 11) is 1.65. The molecule has 1 heterocycles. The average Bonchev–Trinajstić information content (AvgIpc) is 2.32. The van der Waals surface area contributed by atoms with Gasteiger partial charge in [0.05, 0.1) is 12.6 Å². The molecule has 0 aliphatic rings. The molecular weight excluding hydrogens is 230 g/mol. The van der Waals surface area contributed by atoms with Crippen LogP contribution in [0.3, 0.4) is 0 Å². The monoisotopic (exact) mass is 253 g/mol. The summed E-state index contributed by atoms with van der Waals surface area (Å²) >= 11 is 0. The van der Waals surface area contributed by atoms with E-state index in [0.717, 1.165) is 6.42 Å². The van der Waals surface area contributed by atoms with Crippen LogP contribution >= 0.6 is 0 Å². The lowest BCUT2D eigenvalue weighted by molar-refractivity contribution is 0.184. The minimum Gasteiger partial charge on any atom is -0.383 e. The normalized spacial score (nSPS) is 12.7. The Hall–Kier alpha value is -1.36. The smallest absolute Gasteiger partial charge is 0.293 e. The maximum absolute atomic E-state index is 12.2. The summed E-state index contributed by atoms with van der Waals surface area (Å²) in [4.78, 5) is 16.3. The van der Waals surface area contributed by atoms with Crippen molar-refractivity contribution in [1.29, 1.82) is 0 Å². The highest BCUT2D eigenvalue weighted by Crippen LogP contribution is 2.02. The Balaban J connectivity index is 2.86. The van der Waals surface area contributed by atoms with Crippen LogP contribution in [0, 0.1) is 5.92 Å². The molecule has 0 bridgehead atoms. The summed E-state index contributed by atoms with van der Waals surface area (Å²) < 4.78 is 6.80. The molecule has 0 amide bonds. The average molecular weight is 253 g/mol.